The van der Waals surface area contributed by atoms with Gasteiger partial charge in [0.1, 0.15) is 0 Å². The topological polar surface area (TPSA) is 29.0 Å². The van der Waals surface area contributed by atoms with E-state index in [1.54, 1.807) is 0 Å². The van der Waals surface area contributed by atoms with Crippen LogP contribution in [0.4, 0.5) is 5.95 Å². The molecule has 2 aliphatic rings. The molecule has 2 unspecified atom stereocenters. The van der Waals surface area contributed by atoms with Crippen LogP contribution in [-0.2, 0) is 6.42 Å². The molecule has 92 valence electrons. The van der Waals surface area contributed by atoms with Crippen molar-refractivity contribution in [1.29, 1.82) is 0 Å². The van der Waals surface area contributed by atoms with Crippen molar-refractivity contribution in [2.75, 3.05) is 18.0 Å². The normalized spacial score (nSPS) is 31.9. The molecule has 2 heterocycles. The molecular formula is C14H21N3. The maximum Gasteiger partial charge on any atom is 0.225 e. The predicted molar refractivity (Wildman–Crippen MR) is 69.0 cm³/mol. The van der Waals surface area contributed by atoms with Crippen molar-refractivity contribution in [3.63, 3.8) is 0 Å². The number of anilines is 1. The van der Waals surface area contributed by atoms with Crippen LogP contribution < -0.4 is 4.90 Å². The molecule has 1 aromatic rings. The summed E-state index contributed by atoms with van der Waals surface area (Å²) in [5.74, 6) is 3.64. The summed E-state index contributed by atoms with van der Waals surface area (Å²) >= 11 is 0. The number of hydrogen-bond acceptors (Lipinski definition) is 3. The lowest BCUT2D eigenvalue weighted by Crippen LogP contribution is -2.23. The SMILES string of the molecule is CCc1cnc(N2CC3CC(C)C[C@H]3C2)nc1. The van der Waals surface area contributed by atoms with E-state index in [9.17, 15) is 0 Å². The van der Waals surface area contributed by atoms with Crippen LogP contribution in [0.2, 0.25) is 0 Å². The molecule has 3 rings (SSSR count). The number of hydrogen-bond donors (Lipinski definition) is 0. The lowest BCUT2D eigenvalue weighted by Gasteiger charge is -2.17. The van der Waals surface area contributed by atoms with E-state index in [4.69, 9.17) is 0 Å². The zero-order valence-corrected chi connectivity index (χ0v) is 10.8. The standard InChI is InChI=1S/C14H21N3/c1-3-11-6-15-14(16-7-11)17-8-12-4-10(2)5-13(12)9-17/h6-7,10,12-13H,3-5,8-9H2,1-2H3/t10?,12-,13?/m0/s1. The van der Waals surface area contributed by atoms with E-state index in [-0.39, 0.29) is 0 Å². The summed E-state index contributed by atoms with van der Waals surface area (Å²) in [6.07, 6.45) is 7.75. The molecule has 3 atom stereocenters. The Bertz CT molecular complexity index is 373. The van der Waals surface area contributed by atoms with Crippen molar-refractivity contribution in [3.8, 4) is 0 Å². The van der Waals surface area contributed by atoms with E-state index in [0.29, 0.717) is 0 Å². The van der Waals surface area contributed by atoms with E-state index < -0.39 is 0 Å². The van der Waals surface area contributed by atoms with E-state index in [1.165, 1.54) is 31.5 Å². The summed E-state index contributed by atoms with van der Waals surface area (Å²) in [5.41, 5.74) is 1.22. The van der Waals surface area contributed by atoms with Gasteiger partial charge in [-0.3, -0.25) is 0 Å². The first kappa shape index (κ1) is 11.0. The van der Waals surface area contributed by atoms with E-state index >= 15 is 0 Å². The van der Waals surface area contributed by atoms with Gasteiger partial charge in [0.05, 0.1) is 0 Å². The third-order valence-electron chi connectivity index (χ3n) is 4.37. The first-order valence-electron chi connectivity index (χ1n) is 6.82. The van der Waals surface area contributed by atoms with Crippen molar-refractivity contribution in [2.45, 2.75) is 33.1 Å². The Balaban J connectivity index is 1.70. The summed E-state index contributed by atoms with van der Waals surface area (Å²) in [5, 5.41) is 0. The van der Waals surface area contributed by atoms with Crippen molar-refractivity contribution < 1.29 is 0 Å². The molecule has 3 nitrogen and oxygen atoms in total. The largest absolute Gasteiger partial charge is 0.340 e. The number of aryl methyl sites for hydroxylation is 1. The molecular weight excluding hydrogens is 210 g/mol. The summed E-state index contributed by atoms with van der Waals surface area (Å²) in [7, 11) is 0. The number of fused-ring (bicyclic) bond motifs is 1. The first-order chi connectivity index (χ1) is 8.26. The summed E-state index contributed by atoms with van der Waals surface area (Å²) in [4.78, 5) is 11.4. The van der Waals surface area contributed by atoms with Gasteiger partial charge in [-0.2, -0.15) is 0 Å². The van der Waals surface area contributed by atoms with Crippen LogP contribution in [0.25, 0.3) is 0 Å². The maximum atomic E-state index is 4.49. The van der Waals surface area contributed by atoms with Crippen molar-refractivity contribution in [3.05, 3.63) is 18.0 Å². The van der Waals surface area contributed by atoms with Gasteiger partial charge in [-0.1, -0.05) is 13.8 Å². The van der Waals surface area contributed by atoms with E-state index in [2.05, 4.69) is 28.7 Å². The fourth-order valence-corrected chi connectivity index (χ4v) is 3.46. The zero-order valence-electron chi connectivity index (χ0n) is 10.8. The second-order valence-corrected chi connectivity index (χ2v) is 5.75. The lowest BCUT2D eigenvalue weighted by atomic mass is 10.0. The minimum atomic E-state index is 0.888. The van der Waals surface area contributed by atoms with Gasteiger partial charge in [0.2, 0.25) is 5.95 Å². The average molecular weight is 231 g/mol. The molecule has 3 heteroatoms. The van der Waals surface area contributed by atoms with Gasteiger partial charge >= 0.3 is 0 Å². The Kier molecular flexibility index (Phi) is 2.77. The Hall–Kier alpha value is -1.12. The van der Waals surface area contributed by atoms with Gasteiger partial charge in [0.25, 0.3) is 0 Å². The van der Waals surface area contributed by atoms with Crippen LogP contribution in [0.15, 0.2) is 12.4 Å². The van der Waals surface area contributed by atoms with Gasteiger partial charge in [0, 0.05) is 25.5 Å². The van der Waals surface area contributed by atoms with Gasteiger partial charge in [-0.15, -0.1) is 0 Å². The van der Waals surface area contributed by atoms with Crippen LogP contribution in [0.5, 0.6) is 0 Å². The quantitative estimate of drug-likeness (QED) is 0.783. The minimum Gasteiger partial charge on any atom is -0.340 e. The Labute approximate surface area is 103 Å². The smallest absolute Gasteiger partial charge is 0.225 e. The molecule has 0 radical (unpaired) electrons. The fourth-order valence-electron chi connectivity index (χ4n) is 3.46. The van der Waals surface area contributed by atoms with E-state index in [1.807, 2.05) is 12.4 Å². The highest BCUT2D eigenvalue weighted by Crippen LogP contribution is 2.41. The first-order valence-corrected chi connectivity index (χ1v) is 6.82. The second-order valence-electron chi connectivity index (χ2n) is 5.75. The van der Waals surface area contributed by atoms with Crippen molar-refractivity contribution in [1.82, 2.24) is 9.97 Å². The maximum absolute atomic E-state index is 4.49. The minimum absolute atomic E-state index is 0.888. The summed E-state index contributed by atoms with van der Waals surface area (Å²) in [6.45, 7) is 6.86. The van der Waals surface area contributed by atoms with Crippen molar-refractivity contribution >= 4 is 5.95 Å². The van der Waals surface area contributed by atoms with Crippen LogP contribution in [0, 0.1) is 17.8 Å². The lowest BCUT2D eigenvalue weighted by molar-refractivity contribution is 0.494. The highest BCUT2D eigenvalue weighted by atomic mass is 15.3. The summed E-state index contributed by atoms with van der Waals surface area (Å²) < 4.78 is 0. The molecule has 1 aromatic heterocycles. The van der Waals surface area contributed by atoms with Gasteiger partial charge in [0.15, 0.2) is 0 Å². The van der Waals surface area contributed by atoms with Crippen LogP contribution >= 0.6 is 0 Å². The molecule has 1 saturated carbocycles. The Morgan fingerprint density at radius 2 is 1.76 bits per heavy atom. The highest BCUT2D eigenvalue weighted by Gasteiger charge is 2.39. The number of rotatable bonds is 2. The Morgan fingerprint density at radius 1 is 1.18 bits per heavy atom. The Morgan fingerprint density at radius 3 is 2.29 bits per heavy atom. The van der Waals surface area contributed by atoms with Gasteiger partial charge in [-0.05, 0) is 42.6 Å². The monoisotopic (exact) mass is 231 g/mol. The number of nitrogens with zero attached hydrogens (tertiary/aromatic N) is 3. The molecule has 1 saturated heterocycles. The van der Waals surface area contributed by atoms with Gasteiger partial charge < -0.3 is 4.90 Å². The molecule has 1 aliphatic carbocycles. The van der Waals surface area contributed by atoms with Crippen molar-refractivity contribution in [2.24, 2.45) is 17.8 Å². The second kappa shape index (κ2) is 4.28. The predicted octanol–water partition coefficient (Wildman–Crippen LogP) is 2.52. The molecule has 0 aromatic carbocycles. The molecule has 0 spiro atoms. The van der Waals surface area contributed by atoms with Crippen LogP contribution in [0.3, 0.4) is 0 Å². The third kappa shape index (κ3) is 2.03. The number of aromatic nitrogens is 2. The molecule has 0 N–H and O–H groups in total. The molecule has 17 heavy (non-hydrogen) atoms. The summed E-state index contributed by atoms with van der Waals surface area (Å²) in [6, 6.07) is 0. The zero-order chi connectivity index (χ0) is 11.8. The molecule has 1 aliphatic heterocycles. The molecule has 0 bridgehead atoms. The fraction of sp³-hybridized carbons (Fsp3) is 0.714. The average Bonchev–Trinajstić information content (AvgIpc) is 2.86. The van der Waals surface area contributed by atoms with Gasteiger partial charge in [-0.25, -0.2) is 9.97 Å². The van der Waals surface area contributed by atoms with Crippen LogP contribution in [-0.4, -0.2) is 23.1 Å². The molecule has 0 amide bonds. The highest BCUT2D eigenvalue weighted by molar-refractivity contribution is 5.32. The third-order valence-corrected chi connectivity index (χ3v) is 4.37. The van der Waals surface area contributed by atoms with Crippen LogP contribution in [0.1, 0.15) is 32.3 Å². The molecule has 2 fully saturated rings. The van der Waals surface area contributed by atoms with E-state index in [0.717, 1.165) is 30.1 Å².